The first kappa shape index (κ1) is 14.4. The van der Waals surface area contributed by atoms with E-state index in [-0.39, 0.29) is 12.1 Å². The highest BCUT2D eigenvalue weighted by Crippen LogP contribution is 2.34. The zero-order valence-corrected chi connectivity index (χ0v) is 14.2. The Labute approximate surface area is 144 Å². The van der Waals surface area contributed by atoms with Gasteiger partial charge in [-0.3, -0.25) is 9.69 Å². The van der Waals surface area contributed by atoms with Crippen LogP contribution in [0.1, 0.15) is 29.8 Å². The molecule has 3 fully saturated rings. The van der Waals surface area contributed by atoms with Crippen molar-refractivity contribution < 1.29 is 4.79 Å². The number of carbonyl (C=O) groups excluding carboxylic acids is 1. The molecule has 0 saturated carbocycles. The van der Waals surface area contributed by atoms with E-state index in [0.717, 1.165) is 35.5 Å². The SMILES string of the molecule is O=C(NC1CC2CCN1CC2)c1cc2c(cn1)sc1ccccc12. The lowest BCUT2D eigenvalue weighted by molar-refractivity contribution is 0.0293. The van der Waals surface area contributed by atoms with E-state index >= 15 is 0 Å². The first-order valence-corrected chi connectivity index (χ1v) is 9.42. The molecular weight excluding hydrogens is 318 g/mol. The van der Waals surface area contributed by atoms with Gasteiger partial charge in [-0.15, -0.1) is 11.3 Å². The van der Waals surface area contributed by atoms with Gasteiger partial charge in [-0.25, -0.2) is 4.98 Å². The molecule has 24 heavy (non-hydrogen) atoms. The van der Waals surface area contributed by atoms with Gasteiger partial charge < -0.3 is 5.32 Å². The number of piperidine rings is 3. The highest BCUT2D eigenvalue weighted by molar-refractivity contribution is 7.25. The average Bonchev–Trinajstić information content (AvgIpc) is 3.00. The van der Waals surface area contributed by atoms with Crippen molar-refractivity contribution in [3.63, 3.8) is 0 Å². The third-order valence-electron chi connectivity index (χ3n) is 5.44. The number of pyridine rings is 1. The standard InChI is InChI=1S/C19H19N3OS/c23-19(21-18-9-12-5-7-22(18)8-6-12)15-10-14-13-3-1-2-4-16(13)24-17(14)11-20-15/h1-4,10-12,18H,5-9H2,(H,21,23). The van der Waals surface area contributed by atoms with Gasteiger partial charge in [-0.2, -0.15) is 0 Å². The predicted molar refractivity (Wildman–Crippen MR) is 97.3 cm³/mol. The fourth-order valence-corrected chi connectivity index (χ4v) is 5.15. The molecular formula is C19H19N3OS. The van der Waals surface area contributed by atoms with Gasteiger partial charge in [-0.1, -0.05) is 18.2 Å². The van der Waals surface area contributed by atoms with Crippen molar-refractivity contribution >= 4 is 37.4 Å². The lowest BCUT2D eigenvalue weighted by Gasteiger charge is -2.45. The Morgan fingerprint density at radius 2 is 2.00 bits per heavy atom. The quantitative estimate of drug-likeness (QED) is 0.777. The van der Waals surface area contributed by atoms with Gasteiger partial charge in [0.2, 0.25) is 0 Å². The summed E-state index contributed by atoms with van der Waals surface area (Å²) in [5.41, 5.74) is 0.522. The van der Waals surface area contributed by atoms with Crippen LogP contribution in [-0.4, -0.2) is 35.0 Å². The fraction of sp³-hybridized carbons (Fsp3) is 0.368. The predicted octanol–water partition coefficient (Wildman–Crippen LogP) is 3.62. The maximum absolute atomic E-state index is 12.7. The molecule has 2 bridgehead atoms. The Morgan fingerprint density at radius 3 is 2.79 bits per heavy atom. The summed E-state index contributed by atoms with van der Waals surface area (Å²) in [6.07, 6.45) is 5.65. The molecule has 3 aliphatic heterocycles. The summed E-state index contributed by atoms with van der Waals surface area (Å²) in [6.45, 7) is 2.22. The van der Waals surface area contributed by atoms with E-state index in [2.05, 4.69) is 27.3 Å². The summed E-state index contributed by atoms with van der Waals surface area (Å²) in [5.74, 6) is 0.723. The monoisotopic (exact) mass is 337 g/mol. The summed E-state index contributed by atoms with van der Waals surface area (Å²) in [7, 11) is 0. The minimum absolute atomic E-state index is 0.0512. The number of fused-ring (bicyclic) bond motifs is 6. The number of hydrogen-bond acceptors (Lipinski definition) is 4. The molecule has 5 heteroatoms. The van der Waals surface area contributed by atoms with E-state index in [1.165, 1.54) is 22.9 Å². The molecule has 1 N–H and O–H groups in total. The molecule has 1 amide bonds. The van der Waals surface area contributed by atoms with Crippen LogP contribution in [-0.2, 0) is 0 Å². The average molecular weight is 337 g/mol. The van der Waals surface area contributed by atoms with Crippen molar-refractivity contribution in [2.75, 3.05) is 13.1 Å². The lowest BCUT2D eigenvalue weighted by Crippen LogP contribution is -2.56. The highest BCUT2D eigenvalue weighted by atomic mass is 32.1. The second-order valence-corrected chi connectivity index (χ2v) is 7.95. The zero-order chi connectivity index (χ0) is 16.1. The van der Waals surface area contributed by atoms with Crippen LogP contribution in [0.2, 0.25) is 0 Å². The van der Waals surface area contributed by atoms with Gasteiger partial charge in [0.1, 0.15) is 5.69 Å². The molecule has 4 nitrogen and oxygen atoms in total. The Hall–Kier alpha value is -1.98. The summed E-state index contributed by atoms with van der Waals surface area (Å²) in [4.78, 5) is 19.5. The normalized spacial score (nSPS) is 26.1. The molecule has 0 radical (unpaired) electrons. The summed E-state index contributed by atoms with van der Waals surface area (Å²) < 4.78 is 2.37. The molecule has 2 aromatic heterocycles. The first-order valence-electron chi connectivity index (χ1n) is 8.60. The summed E-state index contributed by atoms with van der Waals surface area (Å²) in [6, 6.07) is 10.3. The molecule has 1 unspecified atom stereocenters. The van der Waals surface area contributed by atoms with E-state index in [9.17, 15) is 4.79 Å². The maximum atomic E-state index is 12.7. The van der Waals surface area contributed by atoms with Crippen molar-refractivity contribution in [2.24, 2.45) is 5.92 Å². The van der Waals surface area contributed by atoms with Crippen molar-refractivity contribution in [2.45, 2.75) is 25.4 Å². The smallest absolute Gasteiger partial charge is 0.271 e. The second kappa shape index (κ2) is 5.53. The van der Waals surface area contributed by atoms with Crippen molar-refractivity contribution in [1.29, 1.82) is 0 Å². The minimum Gasteiger partial charge on any atom is -0.335 e. The fourth-order valence-electron chi connectivity index (χ4n) is 4.10. The van der Waals surface area contributed by atoms with Crippen LogP contribution >= 0.6 is 11.3 Å². The van der Waals surface area contributed by atoms with Crippen molar-refractivity contribution in [3.05, 3.63) is 42.2 Å². The van der Waals surface area contributed by atoms with E-state index in [1.54, 1.807) is 11.3 Å². The van der Waals surface area contributed by atoms with Gasteiger partial charge in [0.25, 0.3) is 5.91 Å². The number of nitrogens with zero attached hydrogens (tertiary/aromatic N) is 2. The molecule has 0 spiro atoms. The van der Waals surface area contributed by atoms with E-state index in [0.29, 0.717) is 5.69 Å². The number of hydrogen-bond donors (Lipinski definition) is 1. The third kappa shape index (κ3) is 2.31. The van der Waals surface area contributed by atoms with Crippen LogP contribution in [0.4, 0.5) is 0 Å². The van der Waals surface area contributed by atoms with Gasteiger partial charge in [0, 0.05) is 34.8 Å². The Morgan fingerprint density at radius 1 is 1.17 bits per heavy atom. The van der Waals surface area contributed by atoms with Gasteiger partial charge in [-0.05, 0) is 37.3 Å². The number of rotatable bonds is 2. The summed E-state index contributed by atoms with van der Waals surface area (Å²) in [5, 5.41) is 5.53. The third-order valence-corrected chi connectivity index (χ3v) is 6.56. The molecule has 3 aliphatic rings. The van der Waals surface area contributed by atoms with Crippen LogP contribution in [0.5, 0.6) is 0 Å². The Kier molecular flexibility index (Phi) is 3.31. The zero-order valence-electron chi connectivity index (χ0n) is 13.4. The lowest BCUT2D eigenvalue weighted by atomic mass is 9.86. The molecule has 6 rings (SSSR count). The van der Waals surface area contributed by atoms with E-state index < -0.39 is 0 Å². The van der Waals surface area contributed by atoms with E-state index in [4.69, 9.17) is 0 Å². The number of nitrogens with one attached hydrogen (secondary N) is 1. The molecule has 3 saturated heterocycles. The molecule has 122 valence electrons. The summed E-state index contributed by atoms with van der Waals surface area (Å²) >= 11 is 1.73. The maximum Gasteiger partial charge on any atom is 0.271 e. The van der Waals surface area contributed by atoms with Crippen LogP contribution in [0.3, 0.4) is 0 Å². The Balaban J connectivity index is 1.45. The van der Waals surface area contributed by atoms with Gasteiger partial charge in [0.05, 0.1) is 10.9 Å². The van der Waals surface area contributed by atoms with Crippen LogP contribution in [0, 0.1) is 5.92 Å². The van der Waals surface area contributed by atoms with Crippen LogP contribution in [0.15, 0.2) is 36.5 Å². The molecule has 5 heterocycles. The van der Waals surface area contributed by atoms with Crippen molar-refractivity contribution in [1.82, 2.24) is 15.2 Å². The van der Waals surface area contributed by atoms with Gasteiger partial charge >= 0.3 is 0 Å². The largest absolute Gasteiger partial charge is 0.335 e. The second-order valence-electron chi connectivity index (χ2n) is 6.87. The molecule has 3 aromatic rings. The Bertz CT molecular complexity index is 927. The minimum atomic E-state index is -0.0512. The van der Waals surface area contributed by atoms with Crippen molar-refractivity contribution in [3.8, 4) is 0 Å². The number of aromatic nitrogens is 1. The topological polar surface area (TPSA) is 45.2 Å². The van der Waals surface area contributed by atoms with Crippen LogP contribution < -0.4 is 5.32 Å². The van der Waals surface area contributed by atoms with Crippen LogP contribution in [0.25, 0.3) is 20.2 Å². The number of amides is 1. The number of thiophene rings is 1. The first-order chi connectivity index (χ1) is 11.8. The molecule has 0 aliphatic carbocycles. The van der Waals surface area contributed by atoms with E-state index in [1.807, 2.05) is 24.4 Å². The number of benzene rings is 1. The van der Waals surface area contributed by atoms with Gasteiger partial charge in [0.15, 0.2) is 0 Å². The highest BCUT2D eigenvalue weighted by Gasteiger charge is 2.34. The molecule has 1 atom stereocenters. The number of carbonyl (C=O) groups is 1. The molecule has 1 aromatic carbocycles.